The lowest BCUT2D eigenvalue weighted by Gasteiger charge is -2.03. The molecule has 3 heteroatoms. The van der Waals surface area contributed by atoms with Gasteiger partial charge in [-0.05, 0) is 25.0 Å². The predicted octanol–water partition coefficient (Wildman–Crippen LogP) is 1.03. The number of nitrogens with two attached hydrogens (primary N) is 1. The Morgan fingerprint density at radius 3 is 2.67 bits per heavy atom. The van der Waals surface area contributed by atoms with E-state index in [-0.39, 0.29) is 0 Å². The van der Waals surface area contributed by atoms with E-state index < -0.39 is 0 Å². The van der Waals surface area contributed by atoms with Gasteiger partial charge in [0.1, 0.15) is 11.5 Å². The molecular formula is C9H13N3. The number of aliphatic imine (C=N–C) groups is 1. The molecule has 0 atom stereocenters. The van der Waals surface area contributed by atoms with Crippen molar-refractivity contribution in [3.05, 3.63) is 29.1 Å². The van der Waals surface area contributed by atoms with E-state index >= 15 is 0 Å². The van der Waals surface area contributed by atoms with Gasteiger partial charge in [0.2, 0.25) is 0 Å². The first-order valence-corrected chi connectivity index (χ1v) is 3.81. The van der Waals surface area contributed by atoms with Crippen LogP contribution in [0.25, 0.3) is 0 Å². The van der Waals surface area contributed by atoms with Gasteiger partial charge in [-0.1, -0.05) is 6.07 Å². The van der Waals surface area contributed by atoms with Crippen LogP contribution < -0.4 is 5.73 Å². The molecule has 1 heterocycles. The van der Waals surface area contributed by atoms with Gasteiger partial charge in [0.15, 0.2) is 0 Å². The molecule has 1 aromatic heterocycles. The Morgan fingerprint density at radius 2 is 2.17 bits per heavy atom. The molecule has 0 radical (unpaired) electrons. The second kappa shape index (κ2) is 3.34. The minimum Gasteiger partial charge on any atom is -0.382 e. The van der Waals surface area contributed by atoms with Crippen molar-refractivity contribution >= 4 is 5.84 Å². The lowest BCUT2D eigenvalue weighted by molar-refractivity contribution is 1.18. The number of nitrogens with zero attached hydrogens (tertiary/aromatic N) is 2. The van der Waals surface area contributed by atoms with Crippen molar-refractivity contribution in [2.75, 3.05) is 7.05 Å². The average molecular weight is 163 g/mol. The molecular weight excluding hydrogens is 150 g/mol. The van der Waals surface area contributed by atoms with Gasteiger partial charge in [0.05, 0.1) is 0 Å². The van der Waals surface area contributed by atoms with E-state index in [2.05, 4.69) is 9.98 Å². The monoisotopic (exact) mass is 163 g/mol. The molecule has 0 aliphatic carbocycles. The molecule has 0 unspecified atom stereocenters. The minimum atomic E-state index is 0.493. The Kier molecular flexibility index (Phi) is 2.43. The van der Waals surface area contributed by atoms with E-state index in [4.69, 9.17) is 5.73 Å². The third kappa shape index (κ3) is 1.61. The molecule has 0 aromatic carbocycles. The zero-order chi connectivity index (χ0) is 9.14. The number of rotatable bonds is 1. The third-order valence-electron chi connectivity index (χ3n) is 1.70. The molecule has 0 aliphatic heterocycles. The van der Waals surface area contributed by atoms with Crippen LogP contribution in [-0.2, 0) is 0 Å². The van der Waals surface area contributed by atoms with E-state index in [1.165, 1.54) is 0 Å². The first-order valence-electron chi connectivity index (χ1n) is 3.81. The number of pyridine rings is 1. The second-order valence-corrected chi connectivity index (χ2v) is 2.79. The van der Waals surface area contributed by atoms with E-state index in [1.807, 2.05) is 19.9 Å². The second-order valence-electron chi connectivity index (χ2n) is 2.79. The molecule has 0 saturated heterocycles. The SMILES string of the molecule is CN=C(N)c1ncc(C)cc1C. The molecule has 3 nitrogen and oxygen atoms in total. The summed E-state index contributed by atoms with van der Waals surface area (Å²) in [5, 5.41) is 0. The molecule has 0 spiro atoms. The number of hydrogen-bond donors (Lipinski definition) is 1. The fraction of sp³-hybridized carbons (Fsp3) is 0.333. The zero-order valence-corrected chi connectivity index (χ0v) is 7.63. The van der Waals surface area contributed by atoms with Crippen molar-refractivity contribution in [1.82, 2.24) is 4.98 Å². The van der Waals surface area contributed by atoms with Crippen LogP contribution in [0.15, 0.2) is 17.3 Å². The predicted molar refractivity (Wildman–Crippen MR) is 50.4 cm³/mol. The van der Waals surface area contributed by atoms with Gasteiger partial charge in [-0.2, -0.15) is 0 Å². The molecule has 64 valence electrons. The van der Waals surface area contributed by atoms with Gasteiger partial charge in [-0.15, -0.1) is 0 Å². The highest BCUT2D eigenvalue weighted by Gasteiger charge is 2.02. The van der Waals surface area contributed by atoms with Gasteiger partial charge in [0, 0.05) is 13.2 Å². The molecule has 1 aromatic rings. The van der Waals surface area contributed by atoms with Crippen LogP contribution in [0.4, 0.5) is 0 Å². The summed E-state index contributed by atoms with van der Waals surface area (Å²) in [6.45, 7) is 3.98. The minimum absolute atomic E-state index is 0.493. The van der Waals surface area contributed by atoms with Gasteiger partial charge < -0.3 is 5.73 Å². The van der Waals surface area contributed by atoms with Crippen molar-refractivity contribution in [2.45, 2.75) is 13.8 Å². The molecule has 0 bridgehead atoms. The molecule has 12 heavy (non-hydrogen) atoms. The number of amidine groups is 1. The zero-order valence-electron chi connectivity index (χ0n) is 7.63. The molecule has 0 aliphatic rings. The van der Waals surface area contributed by atoms with Crippen LogP contribution in [0.2, 0.25) is 0 Å². The van der Waals surface area contributed by atoms with E-state index in [0.29, 0.717) is 5.84 Å². The van der Waals surface area contributed by atoms with Gasteiger partial charge in [-0.3, -0.25) is 9.98 Å². The smallest absolute Gasteiger partial charge is 0.144 e. The lowest BCUT2D eigenvalue weighted by Crippen LogP contribution is -2.16. The van der Waals surface area contributed by atoms with Gasteiger partial charge in [-0.25, -0.2) is 0 Å². The summed E-state index contributed by atoms with van der Waals surface area (Å²) in [5.74, 6) is 0.493. The summed E-state index contributed by atoms with van der Waals surface area (Å²) in [6.07, 6.45) is 1.79. The van der Waals surface area contributed by atoms with Crippen molar-refractivity contribution in [3.8, 4) is 0 Å². The standard InChI is InChI=1S/C9H13N3/c1-6-4-7(2)8(12-5-6)9(10)11-3/h4-5H,1-3H3,(H2,10,11). The maximum atomic E-state index is 5.63. The largest absolute Gasteiger partial charge is 0.382 e. The average Bonchev–Trinajstić information content (AvgIpc) is 2.03. The Hall–Kier alpha value is -1.38. The van der Waals surface area contributed by atoms with Crippen LogP contribution in [0.3, 0.4) is 0 Å². The van der Waals surface area contributed by atoms with Crippen LogP contribution in [0, 0.1) is 13.8 Å². The molecule has 0 fully saturated rings. The molecule has 0 saturated carbocycles. The van der Waals surface area contributed by atoms with Crippen molar-refractivity contribution in [3.63, 3.8) is 0 Å². The first kappa shape index (κ1) is 8.71. The Bertz CT molecular complexity index is 316. The Labute approximate surface area is 72.3 Å². The van der Waals surface area contributed by atoms with Crippen LogP contribution >= 0.6 is 0 Å². The maximum absolute atomic E-state index is 5.63. The Morgan fingerprint density at radius 1 is 1.50 bits per heavy atom. The fourth-order valence-corrected chi connectivity index (χ4v) is 1.09. The highest BCUT2D eigenvalue weighted by atomic mass is 14.9. The number of hydrogen-bond acceptors (Lipinski definition) is 2. The third-order valence-corrected chi connectivity index (χ3v) is 1.70. The van der Waals surface area contributed by atoms with E-state index in [1.54, 1.807) is 13.2 Å². The highest BCUT2D eigenvalue weighted by Crippen LogP contribution is 2.05. The summed E-state index contributed by atoms with van der Waals surface area (Å²) >= 11 is 0. The molecule has 2 N–H and O–H groups in total. The topological polar surface area (TPSA) is 51.3 Å². The maximum Gasteiger partial charge on any atom is 0.144 e. The van der Waals surface area contributed by atoms with E-state index in [9.17, 15) is 0 Å². The molecule has 0 amide bonds. The highest BCUT2D eigenvalue weighted by molar-refractivity contribution is 5.96. The summed E-state index contributed by atoms with van der Waals surface area (Å²) in [6, 6.07) is 2.04. The van der Waals surface area contributed by atoms with Crippen LogP contribution in [0.5, 0.6) is 0 Å². The van der Waals surface area contributed by atoms with Crippen molar-refractivity contribution < 1.29 is 0 Å². The lowest BCUT2D eigenvalue weighted by atomic mass is 10.1. The molecule has 1 rings (SSSR count). The quantitative estimate of drug-likeness (QED) is 0.496. The summed E-state index contributed by atoms with van der Waals surface area (Å²) < 4.78 is 0. The van der Waals surface area contributed by atoms with Crippen molar-refractivity contribution in [2.24, 2.45) is 10.7 Å². The van der Waals surface area contributed by atoms with Gasteiger partial charge in [0.25, 0.3) is 0 Å². The van der Waals surface area contributed by atoms with Gasteiger partial charge >= 0.3 is 0 Å². The van der Waals surface area contributed by atoms with E-state index in [0.717, 1.165) is 16.8 Å². The fourth-order valence-electron chi connectivity index (χ4n) is 1.09. The summed E-state index contributed by atoms with van der Waals surface area (Å²) in [5.41, 5.74) is 8.62. The van der Waals surface area contributed by atoms with Crippen LogP contribution in [0.1, 0.15) is 16.8 Å². The Balaban J connectivity index is 3.18. The summed E-state index contributed by atoms with van der Waals surface area (Å²) in [4.78, 5) is 8.07. The first-order chi connectivity index (χ1) is 5.65. The van der Waals surface area contributed by atoms with Crippen molar-refractivity contribution in [1.29, 1.82) is 0 Å². The summed E-state index contributed by atoms with van der Waals surface area (Å²) in [7, 11) is 1.66. The van der Waals surface area contributed by atoms with Crippen LogP contribution in [-0.4, -0.2) is 17.9 Å². The number of aromatic nitrogens is 1. The number of aryl methyl sites for hydroxylation is 2. The normalized spacial score (nSPS) is 11.8.